The van der Waals surface area contributed by atoms with E-state index >= 15 is 0 Å². The largest absolute Gasteiger partial charge is 0.310 e. The Bertz CT molecular complexity index is 403. The molecular weight excluding hydrogens is 259 g/mol. The summed E-state index contributed by atoms with van der Waals surface area (Å²) in [7, 11) is -9.52. The fourth-order valence-corrected chi connectivity index (χ4v) is 2.06. The summed E-state index contributed by atoms with van der Waals surface area (Å²) in [5, 5.41) is 0. The normalized spacial score (nSPS) is 18.6. The minimum atomic E-state index is -9.52. The summed E-state index contributed by atoms with van der Waals surface area (Å²) < 4.78 is 62.2. The molecule has 0 aliphatic carbocycles. The molecule has 0 aliphatic heterocycles. The molecule has 0 aromatic heterocycles. The summed E-state index contributed by atoms with van der Waals surface area (Å²) >= 11 is 0. The fourth-order valence-electron chi connectivity index (χ4n) is 1.41. The number of benzene rings is 1. The Morgan fingerprint density at radius 3 is 1.53 bits per heavy atom. The lowest BCUT2D eigenvalue weighted by molar-refractivity contribution is 0.364. The van der Waals surface area contributed by atoms with Crippen molar-refractivity contribution in [1.29, 1.82) is 0 Å². The van der Waals surface area contributed by atoms with Crippen molar-refractivity contribution in [2.45, 2.75) is 31.6 Å². The van der Waals surface area contributed by atoms with Crippen molar-refractivity contribution in [2.24, 2.45) is 5.92 Å². The second-order valence-electron chi connectivity index (χ2n) is 4.57. The van der Waals surface area contributed by atoms with Gasteiger partial charge in [-0.15, -0.1) is 0 Å². The monoisotopic (exact) mass is 274 g/mol. The van der Waals surface area contributed by atoms with Gasteiger partial charge in [0.1, 0.15) is 4.90 Å². The van der Waals surface area contributed by atoms with Gasteiger partial charge in [-0.1, -0.05) is 52.3 Å². The Balaban J connectivity index is 3.15. The van der Waals surface area contributed by atoms with E-state index in [2.05, 4.69) is 0 Å². The van der Waals surface area contributed by atoms with Crippen molar-refractivity contribution in [2.75, 3.05) is 0 Å². The quantitative estimate of drug-likeness (QED) is 0.584. The first-order chi connectivity index (χ1) is 7.31. The second-order valence-corrected chi connectivity index (χ2v) is 6.98. The average molecular weight is 274 g/mol. The Morgan fingerprint density at radius 1 is 0.824 bits per heavy atom. The lowest BCUT2D eigenvalue weighted by Crippen LogP contribution is -2.07. The lowest BCUT2D eigenvalue weighted by Gasteiger charge is -2.40. The maximum atomic E-state index is 12.4. The van der Waals surface area contributed by atoms with Crippen molar-refractivity contribution in [1.82, 2.24) is 0 Å². The van der Waals surface area contributed by atoms with Gasteiger partial charge in [-0.2, -0.15) is 0 Å². The molecule has 17 heavy (non-hydrogen) atoms. The summed E-state index contributed by atoms with van der Waals surface area (Å²) in [5.41, 5.74) is 0.630. The molecule has 0 bridgehead atoms. The van der Waals surface area contributed by atoms with Gasteiger partial charge in [0.25, 0.3) is 0 Å². The van der Waals surface area contributed by atoms with E-state index in [1.165, 1.54) is 0 Å². The van der Waals surface area contributed by atoms with E-state index < -0.39 is 15.1 Å². The van der Waals surface area contributed by atoms with Crippen LogP contribution in [0.5, 0.6) is 0 Å². The molecule has 1 aromatic carbocycles. The number of hydrogen-bond acceptors (Lipinski definition) is 0. The maximum absolute atomic E-state index is 12.4. The minimum absolute atomic E-state index is 0.0302. The first kappa shape index (κ1) is 14.3. The fraction of sp³-hybridized carbons (Fsp3) is 0.455. The molecule has 0 spiro atoms. The zero-order chi connectivity index (χ0) is 13.5. The van der Waals surface area contributed by atoms with Crippen molar-refractivity contribution < 1.29 is 19.4 Å². The van der Waals surface area contributed by atoms with E-state index in [1.807, 2.05) is 20.8 Å². The van der Waals surface area contributed by atoms with Gasteiger partial charge < -0.3 is 0 Å². The van der Waals surface area contributed by atoms with Crippen molar-refractivity contribution in [3.63, 3.8) is 0 Å². The zero-order valence-corrected chi connectivity index (χ0v) is 10.6. The molecule has 100 valence electrons. The molecule has 1 atom stereocenters. The highest BCUT2D eigenvalue weighted by atomic mass is 32.5. The van der Waals surface area contributed by atoms with Gasteiger partial charge >= 0.3 is 10.2 Å². The average Bonchev–Trinajstić information content (AvgIpc) is 2.13. The Morgan fingerprint density at radius 2 is 1.24 bits per heavy atom. The maximum Gasteiger partial charge on any atom is 0.310 e. The van der Waals surface area contributed by atoms with E-state index in [4.69, 9.17) is 0 Å². The minimum Gasteiger partial charge on any atom is -0.0936 e. The molecule has 0 nitrogen and oxygen atoms in total. The lowest BCUT2D eigenvalue weighted by atomic mass is 9.90. The van der Waals surface area contributed by atoms with Gasteiger partial charge in [-0.3, -0.25) is 0 Å². The topological polar surface area (TPSA) is 0 Å². The SMILES string of the molecule is CC(C)C(C)c1ccc(S(F)(F)(F)(F)F)cc1. The third-order valence-electron chi connectivity index (χ3n) is 2.85. The van der Waals surface area contributed by atoms with E-state index in [0.29, 0.717) is 17.7 Å². The molecule has 0 fully saturated rings. The summed E-state index contributed by atoms with van der Waals surface area (Å²) in [4.78, 5) is -1.83. The molecule has 0 saturated carbocycles. The van der Waals surface area contributed by atoms with Crippen LogP contribution in [0.15, 0.2) is 29.2 Å². The molecule has 6 heteroatoms. The van der Waals surface area contributed by atoms with Crippen LogP contribution in [0.3, 0.4) is 0 Å². The van der Waals surface area contributed by atoms with Crippen LogP contribution >= 0.6 is 10.2 Å². The molecule has 0 radical (unpaired) electrons. The predicted molar refractivity (Wildman–Crippen MR) is 61.1 cm³/mol. The van der Waals surface area contributed by atoms with Crippen molar-refractivity contribution in [3.8, 4) is 0 Å². The van der Waals surface area contributed by atoms with E-state index in [0.717, 1.165) is 12.1 Å². The molecule has 0 heterocycles. The van der Waals surface area contributed by atoms with Crippen LogP contribution in [-0.4, -0.2) is 0 Å². The molecule has 1 rings (SSSR count). The number of hydrogen-bond donors (Lipinski definition) is 0. The number of rotatable bonds is 3. The Kier molecular flexibility index (Phi) is 2.83. The highest BCUT2D eigenvalue weighted by Crippen LogP contribution is 3.02. The Hall–Kier alpha value is -0.780. The van der Waals surface area contributed by atoms with E-state index in [-0.39, 0.29) is 11.8 Å². The van der Waals surface area contributed by atoms with Gasteiger partial charge in [0.05, 0.1) is 0 Å². The van der Waals surface area contributed by atoms with Crippen LogP contribution in [-0.2, 0) is 0 Å². The Labute approximate surface area is 97.6 Å². The van der Waals surface area contributed by atoms with Crippen LogP contribution in [0.25, 0.3) is 0 Å². The first-order valence-corrected chi connectivity index (χ1v) is 7.10. The third-order valence-corrected chi connectivity index (χ3v) is 4.01. The molecule has 0 aliphatic rings. The highest BCUT2D eigenvalue weighted by Gasteiger charge is 2.65. The predicted octanol–water partition coefficient (Wildman–Crippen LogP) is 6.10. The number of halogens is 5. The standard InChI is InChI=1S/C11H15F5S/c1-8(2)9(3)10-4-6-11(7-5-10)17(12,13,14,15)16/h4-9H,1-3H3. The summed E-state index contributed by atoms with van der Waals surface area (Å²) in [6, 6.07) is 3.18. The van der Waals surface area contributed by atoms with Crippen LogP contribution in [0.2, 0.25) is 0 Å². The van der Waals surface area contributed by atoms with E-state index in [1.54, 1.807) is 0 Å². The van der Waals surface area contributed by atoms with E-state index in [9.17, 15) is 19.4 Å². The van der Waals surface area contributed by atoms with Crippen molar-refractivity contribution in [3.05, 3.63) is 29.8 Å². The molecule has 0 amide bonds. The van der Waals surface area contributed by atoms with Crippen LogP contribution in [0, 0.1) is 5.92 Å². The first-order valence-electron chi connectivity index (χ1n) is 5.15. The molecule has 0 N–H and O–H groups in total. The second kappa shape index (κ2) is 3.37. The van der Waals surface area contributed by atoms with Gasteiger partial charge in [-0.05, 0) is 29.5 Å². The molecule has 1 unspecified atom stereocenters. The van der Waals surface area contributed by atoms with Gasteiger partial charge in [0.2, 0.25) is 0 Å². The third kappa shape index (κ3) is 3.59. The highest BCUT2D eigenvalue weighted by molar-refractivity contribution is 8.45. The molecule has 1 aromatic rings. The van der Waals surface area contributed by atoms with Crippen LogP contribution in [0.4, 0.5) is 19.4 Å². The van der Waals surface area contributed by atoms with Gasteiger partial charge in [0.15, 0.2) is 0 Å². The van der Waals surface area contributed by atoms with Gasteiger partial charge in [0, 0.05) is 0 Å². The van der Waals surface area contributed by atoms with Crippen LogP contribution in [0.1, 0.15) is 32.3 Å². The summed E-state index contributed by atoms with van der Waals surface area (Å²) in [6.45, 7) is 5.69. The smallest absolute Gasteiger partial charge is 0.0936 e. The zero-order valence-electron chi connectivity index (χ0n) is 9.76. The molecule has 0 saturated heterocycles. The van der Waals surface area contributed by atoms with Gasteiger partial charge in [-0.25, -0.2) is 0 Å². The molecular formula is C11H15F5S. The van der Waals surface area contributed by atoms with Crippen LogP contribution < -0.4 is 0 Å². The van der Waals surface area contributed by atoms with Crippen molar-refractivity contribution >= 4 is 10.2 Å². The summed E-state index contributed by atoms with van der Waals surface area (Å²) in [6.07, 6.45) is 0. The summed E-state index contributed by atoms with van der Waals surface area (Å²) in [5.74, 6) is 0.267.